The van der Waals surface area contributed by atoms with Crippen molar-refractivity contribution < 1.29 is 14.3 Å². The molecule has 3 rings (SSSR count). The van der Waals surface area contributed by atoms with Crippen molar-refractivity contribution >= 4 is 11.8 Å². The zero-order valence-electron chi connectivity index (χ0n) is 13.8. The third kappa shape index (κ3) is 3.19. The lowest BCUT2D eigenvalue weighted by molar-refractivity contribution is -0.135. The summed E-state index contributed by atoms with van der Waals surface area (Å²) in [7, 11) is 3.02. The van der Waals surface area contributed by atoms with Crippen molar-refractivity contribution in [2.75, 3.05) is 14.2 Å². The van der Waals surface area contributed by atoms with Crippen molar-refractivity contribution in [2.45, 2.75) is 25.0 Å². The second kappa shape index (κ2) is 6.88. The first kappa shape index (κ1) is 16.3. The van der Waals surface area contributed by atoms with E-state index in [2.05, 4.69) is 17.1 Å². The molecule has 1 aromatic carbocycles. The lowest BCUT2D eigenvalue weighted by atomic mass is 10.0. The third-order valence-electron chi connectivity index (χ3n) is 4.29. The van der Waals surface area contributed by atoms with Crippen molar-refractivity contribution in [2.24, 2.45) is 10.7 Å². The van der Waals surface area contributed by atoms with Crippen molar-refractivity contribution in [3.63, 3.8) is 0 Å². The molecule has 0 aromatic heterocycles. The fourth-order valence-electron chi connectivity index (χ4n) is 2.87. The van der Waals surface area contributed by atoms with Gasteiger partial charge in [-0.2, -0.15) is 0 Å². The number of aryl methyl sites for hydroxylation is 1. The van der Waals surface area contributed by atoms with E-state index in [9.17, 15) is 4.79 Å². The summed E-state index contributed by atoms with van der Waals surface area (Å²) in [6, 6.07) is 7.99. The maximum Gasteiger partial charge on any atom is 0.338 e. The number of hydrogen-bond donors (Lipinski definition) is 1. The highest BCUT2D eigenvalue weighted by atomic mass is 16.5. The number of carbonyl (C=O) groups is 1. The van der Waals surface area contributed by atoms with Gasteiger partial charge in [0.2, 0.25) is 0 Å². The van der Waals surface area contributed by atoms with Crippen molar-refractivity contribution in [1.29, 1.82) is 0 Å². The van der Waals surface area contributed by atoms with Crippen molar-refractivity contribution in [3.05, 3.63) is 53.8 Å². The number of nitrogens with two attached hydrogens (primary N) is 1. The number of ether oxygens (including phenoxy) is 2. The van der Waals surface area contributed by atoms with E-state index in [4.69, 9.17) is 15.2 Å². The van der Waals surface area contributed by atoms with Gasteiger partial charge < -0.3 is 20.1 Å². The van der Waals surface area contributed by atoms with Gasteiger partial charge in [0.15, 0.2) is 0 Å². The van der Waals surface area contributed by atoms with Crippen molar-refractivity contribution in [3.8, 4) is 5.75 Å². The zero-order valence-corrected chi connectivity index (χ0v) is 13.8. The molecule has 0 fully saturated rings. The van der Waals surface area contributed by atoms with Crippen LogP contribution in [0, 0.1) is 0 Å². The second-order valence-electron chi connectivity index (χ2n) is 5.75. The summed E-state index contributed by atoms with van der Waals surface area (Å²) in [5, 5.41) is 0. The minimum atomic E-state index is -0.371. The fourth-order valence-corrected chi connectivity index (χ4v) is 2.87. The Hall–Kier alpha value is -2.60. The first-order chi connectivity index (χ1) is 11.6. The number of methoxy groups -OCH3 is 2. The molecule has 24 heavy (non-hydrogen) atoms. The Morgan fingerprint density at radius 3 is 2.71 bits per heavy atom. The Kier molecular flexibility index (Phi) is 4.66. The van der Waals surface area contributed by atoms with Crippen LogP contribution in [0.1, 0.15) is 12.0 Å². The molecule has 0 radical (unpaired) electrons. The van der Waals surface area contributed by atoms with Crippen LogP contribution < -0.4 is 10.5 Å². The highest BCUT2D eigenvalue weighted by Gasteiger charge is 2.33. The van der Waals surface area contributed by atoms with Gasteiger partial charge in [0.1, 0.15) is 17.8 Å². The Labute approximate surface area is 141 Å². The van der Waals surface area contributed by atoms with E-state index in [-0.39, 0.29) is 18.2 Å². The molecule has 0 amide bonds. The second-order valence-corrected chi connectivity index (χ2v) is 5.75. The Bertz CT molecular complexity index is 707. The normalized spacial score (nSPS) is 21.9. The Morgan fingerprint density at radius 2 is 2.04 bits per heavy atom. The van der Waals surface area contributed by atoms with Crippen LogP contribution in [0.4, 0.5) is 0 Å². The van der Waals surface area contributed by atoms with Crippen LogP contribution >= 0.6 is 0 Å². The predicted molar refractivity (Wildman–Crippen MR) is 91.6 cm³/mol. The topological polar surface area (TPSA) is 77.1 Å². The first-order valence-corrected chi connectivity index (χ1v) is 7.85. The van der Waals surface area contributed by atoms with Gasteiger partial charge in [-0.05, 0) is 42.7 Å². The summed E-state index contributed by atoms with van der Waals surface area (Å²) in [5.74, 6) is 1.19. The molecule has 2 aliphatic rings. The summed E-state index contributed by atoms with van der Waals surface area (Å²) in [6.45, 7) is 0. The predicted octanol–water partition coefficient (Wildman–Crippen LogP) is 1.62. The molecule has 2 aliphatic heterocycles. The maximum atomic E-state index is 11.6. The smallest absolute Gasteiger partial charge is 0.338 e. The molecule has 2 heterocycles. The van der Waals surface area contributed by atoms with Crippen LogP contribution in [0.2, 0.25) is 0 Å². The van der Waals surface area contributed by atoms with Crippen LogP contribution in [0.25, 0.3) is 0 Å². The largest absolute Gasteiger partial charge is 0.497 e. The van der Waals surface area contributed by atoms with Crippen LogP contribution in [0.5, 0.6) is 5.75 Å². The number of nitrogens with zero attached hydrogens (tertiary/aromatic N) is 2. The van der Waals surface area contributed by atoms with Crippen LogP contribution in [-0.2, 0) is 16.0 Å². The van der Waals surface area contributed by atoms with E-state index in [0.29, 0.717) is 11.4 Å². The number of rotatable bonds is 5. The number of hydrogen-bond acceptors (Lipinski definition) is 6. The summed E-state index contributed by atoms with van der Waals surface area (Å²) in [5.41, 5.74) is 7.99. The highest BCUT2D eigenvalue weighted by Crippen LogP contribution is 2.24. The molecule has 126 valence electrons. The van der Waals surface area contributed by atoms with E-state index in [1.54, 1.807) is 25.5 Å². The van der Waals surface area contributed by atoms with Gasteiger partial charge in [-0.1, -0.05) is 12.1 Å². The van der Waals surface area contributed by atoms with E-state index in [1.807, 2.05) is 17.0 Å². The van der Waals surface area contributed by atoms with E-state index in [1.165, 1.54) is 12.7 Å². The minimum Gasteiger partial charge on any atom is -0.497 e. The molecular formula is C18H21N3O3. The van der Waals surface area contributed by atoms with Gasteiger partial charge in [0.05, 0.1) is 25.8 Å². The quantitative estimate of drug-likeness (QED) is 0.832. The van der Waals surface area contributed by atoms with Gasteiger partial charge in [-0.3, -0.25) is 4.99 Å². The Balaban J connectivity index is 1.67. The standard InChI is InChI=1S/C18H21N3O3/c1-23-14-6-3-12(4-7-14)5-8-15-17(19)21-10-9-13(18(22)24-2)11-16(21)20-15/h3-4,6-7,9-11,15,17H,5,8,19H2,1-2H3. The maximum absolute atomic E-state index is 11.6. The third-order valence-corrected chi connectivity index (χ3v) is 4.29. The number of carbonyl (C=O) groups excluding carboxylic acids is 1. The lowest BCUT2D eigenvalue weighted by Gasteiger charge is -2.25. The minimum absolute atomic E-state index is 0.0139. The van der Waals surface area contributed by atoms with Gasteiger partial charge in [-0.15, -0.1) is 0 Å². The summed E-state index contributed by atoms with van der Waals surface area (Å²) >= 11 is 0. The van der Waals surface area contributed by atoms with Crippen LogP contribution in [-0.4, -0.2) is 43.1 Å². The first-order valence-electron chi connectivity index (χ1n) is 7.85. The molecule has 0 bridgehead atoms. The molecule has 2 N–H and O–H groups in total. The number of amidine groups is 1. The van der Waals surface area contributed by atoms with Crippen LogP contribution in [0.3, 0.4) is 0 Å². The molecule has 0 aliphatic carbocycles. The van der Waals surface area contributed by atoms with Crippen molar-refractivity contribution in [1.82, 2.24) is 4.90 Å². The Morgan fingerprint density at radius 1 is 1.29 bits per heavy atom. The molecule has 6 nitrogen and oxygen atoms in total. The molecule has 0 saturated heterocycles. The summed E-state index contributed by atoms with van der Waals surface area (Å²) in [4.78, 5) is 18.2. The van der Waals surface area contributed by atoms with E-state index < -0.39 is 0 Å². The highest BCUT2D eigenvalue weighted by molar-refractivity contribution is 6.05. The van der Waals surface area contributed by atoms with Gasteiger partial charge in [0.25, 0.3) is 0 Å². The average Bonchev–Trinajstić information content (AvgIpc) is 2.95. The number of aliphatic imine (C=N–C) groups is 1. The monoisotopic (exact) mass is 327 g/mol. The fraction of sp³-hybridized carbons (Fsp3) is 0.333. The number of benzene rings is 1. The van der Waals surface area contributed by atoms with Gasteiger partial charge in [0, 0.05) is 6.20 Å². The zero-order chi connectivity index (χ0) is 17.1. The summed E-state index contributed by atoms with van der Waals surface area (Å²) in [6.07, 6.45) is 6.72. The molecule has 6 heteroatoms. The van der Waals surface area contributed by atoms with Crippen LogP contribution in [0.15, 0.2) is 53.2 Å². The van der Waals surface area contributed by atoms with Gasteiger partial charge >= 0.3 is 5.97 Å². The molecule has 0 saturated carbocycles. The summed E-state index contributed by atoms with van der Waals surface area (Å²) < 4.78 is 9.91. The van der Waals surface area contributed by atoms with Gasteiger partial charge in [-0.25, -0.2) is 4.79 Å². The van der Waals surface area contributed by atoms with E-state index >= 15 is 0 Å². The van der Waals surface area contributed by atoms with E-state index in [0.717, 1.165) is 18.6 Å². The molecular weight excluding hydrogens is 306 g/mol. The molecule has 1 aromatic rings. The average molecular weight is 327 g/mol. The number of esters is 1. The molecule has 2 atom stereocenters. The molecule has 2 unspecified atom stereocenters. The lowest BCUT2D eigenvalue weighted by Crippen LogP contribution is -2.43. The SMILES string of the molecule is COC(=O)C1=CC2=NC(CCc3ccc(OC)cc3)C(N)N2C=C1. The molecule has 0 spiro atoms. The number of fused-ring (bicyclic) bond motifs is 1.